The Bertz CT molecular complexity index is 703. The maximum absolute atomic E-state index is 10.8. The summed E-state index contributed by atoms with van der Waals surface area (Å²) in [5.74, 6) is -0.612. The summed E-state index contributed by atoms with van der Waals surface area (Å²) in [6, 6.07) is 4.22. The van der Waals surface area contributed by atoms with Gasteiger partial charge in [0.05, 0.1) is 4.92 Å². The third-order valence-corrected chi connectivity index (χ3v) is 2.96. The number of benzene rings is 1. The van der Waals surface area contributed by atoms with Crippen LogP contribution in [0.4, 0.5) is 17.4 Å². The minimum Gasteiger partial charge on any atom is -0.481 e. The molecule has 1 heterocycles. The molecule has 0 saturated carbocycles. The molecule has 9 nitrogen and oxygen atoms in total. The van der Waals surface area contributed by atoms with Crippen LogP contribution in [0.25, 0.3) is 0 Å². The number of aromatic nitrogens is 2. The average Bonchev–Trinajstić information content (AvgIpc) is 2.88. The lowest BCUT2D eigenvalue weighted by Gasteiger charge is -2.01. The van der Waals surface area contributed by atoms with Crippen LogP contribution in [0, 0.1) is 10.1 Å². The zero-order valence-electron chi connectivity index (χ0n) is 11.2. The number of aryl methyl sites for hydroxylation is 1. The quantitative estimate of drug-likeness (QED) is 0.586. The number of nitro benzene ring substituents is 1. The summed E-state index contributed by atoms with van der Waals surface area (Å²) < 4.78 is 5.27. The van der Waals surface area contributed by atoms with Gasteiger partial charge in [-0.25, -0.2) is 0 Å². The molecule has 0 amide bonds. The maximum Gasteiger partial charge on any atom is 0.320 e. The second-order valence-electron chi connectivity index (χ2n) is 4.30. The fourth-order valence-corrected chi connectivity index (χ4v) is 1.84. The molecule has 0 bridgehead atoms. The molecule has 22 heavy (non-hydrogen) atoms. The highest BCUT2D eigenvalue weighted by atomic mass is 35.5. The number of nitrogens with one attached hydrogen (secondary N) is 1. The Hall–Kier alpha value is -2.68. The Kier molecular flexibility index (Phi) is 4.89. The third-order valence-electron chi connectivity index (χ3n) is 2.64. The number of anilines is 2. The summed E-state index contributed by atoms with van der Waals surface area (Å²) in [5.41, 5.74) is 0.129. The van der Waals surface area contributed by atoms with Crippen molar-refractivity contribution in [2.45, 2.75) is 19.3 Å². The van der Waals surface area contributed by atoms with Crippen LogP contribution < -0.4 is 5.32 Å². The van der Waals surface area contributed by atoms with E-state index in [0.29, 0.717) is 18.5 Å². The highest BCUT2D eigenvalue weighted by Crippen LogP contribution is 2.28. The molecule has 1 aromatic heterocycles. The number of hydrogen-bond acceptors (Lipinski definition) is 7. The van der Waals surface area contributed by atoms with Crippen molar-refractivity contribution in [1.29, 1.82) is 0 Å². The number of carboxylic acids is 1. The van der Waals surface area contributed by atoms with E-state index in [-0.39, 0.29) is 29.0 Å². The number of carboxylic acid groups (broad SMARTS) is 1. The van der Waals surface area contributed by atoms with E-state index in [1.807, 2.05) is 0 Å². The Balaban J connectivity index is 2.02. The number of halogens is 1. The van der Waals surface area contributed by atoms with Crippen molar-refractivity contribution in [1.82, 2.24) is 10.2 Å². The maximum atomic E-state index is 10.8. The smallest absolute Gasteiger partial charge is 0.320 e. The van der Waals surface area contributed by atoms with Crippen molar-refractivity contribution in [3.63, 3.8) is 0 Å². The van der Waals surface area contributed by atoms with E-state index in [0.717, 1.165) is 0 Å². The summed E-state index contributed by atoms with van der Waals surface area (Å²) in [4.78, 5) is 20.6. The van der Waals surface area contributed by atoms with Gasteiger partial charge in [-0.1, -0.05) is 16.7 Å². The van der Waals surface area contributed by atoms with E-state index < -0.39 is 10.9 Å². The van der Waals surface area contributed by atoms with Crippen LogP contribution >= 0.6 is 11.6 Å². The Morgan fingerprint density at radius 3 is 2.91 bits per heavy atom. The van der Waals surface area contributed by atoms with Crippen LogP contribution in [0.5, 0.6) is 0 Å². The molecule has 0 aliphatic rings. The Labute approximate surface area is 129 Å². The van der Waals surface area contributed by atoms with Gasteiger partial charge >= 0.3 is 12.0 Å². The second-order valence-corrected chi connectivity index (χ2v) is 4.70. The standard InChI is InChI=1S/C12H11ClN4O5/c13-8-5-4-7(6-9(8)17(20)21)14-12-16-15-10(22-12)2-1-3-11(18)19/h4-6H,1-3H2,(H,14,16)(H,18,19). The molecule has 2 aromatic rings. The Morgan fingerprint density at radius 1 is 1.45 bits per heavy atom. The van der Waals surface area contributed by atoms with E-state index in [1.165, 1.54) is 18.2 Å². The molecule has 0 radical (unpaired) electrons. The van der Waals surface area contributed by atoms with Gasteiger partial charge in [0.2, 0.25) is 5.89 Å². The SMILES string of the molecule is O=C(O)CCCc1nnc(Nc2ccc(Cl)c([N+](=O)[O-])c2)o1. The van der Waals surface area contributed by atoms with E-state index >= 15 is 0 Å². The fourth-order valence-electron chi connectivity index (χ4n) is 1.65. The van der Waals surface area contributed by atoms with Crippen LogP contribution in [0.3, 0.4) is 0 Å². The first-order valence-electron chi connectivity index (χ1n) is 6.21. The van der Waals surface area contributed by atoms with E-state index in [1.54, 1.807) is 0 Å². The van der Waals surface area contributed by atoms with Gasteiger partial charge in [0.15, 0.2) is 0 Å². The number of hydrogen-bond donors (Lipinski definition) is 2. The van der Waals surface area contributed by atoms with Crippen molar-refractivity contribution < 1.29 is 19.2 Å². The van der Waals surface area contributed by atoms with Crippen molar-refractivity contribution in [2.24, 2.45) is 0 Å². The predicted octanol–water partition coefficient (Wildman–Crippen LogP) is 2.78. The van der Waals surface area contributed by atoms with Crippen LogP contribution in [-0.4, -0.2) is 26.2 Å². The summed E-state index contributed by atoms with van der Waals surface area (Å²) in [5, 5.41) is 29.6. The van der Waals surface area contributed by atoms with Gasteiger partial charge in [-0.15, -0.1) is 5.10 Å². The molecule has 2 N–H and O–H groups in total. The van der Waals surface area contributed by atoms with Gasteiger partial charge in [-0.3, -0.25) is 14.9 Å². The van der Waals surface area contributed by atoms with Gasteiger partial charge in [0.1, 0.15) is 5.02 Å². The molecule has 0 atom stereocenters. The van der Waals surface area contributed by atoms with Gasteiger partial charge < -0.3 is 14.8 Å². The molecular weight excluding hydrogens is 316 g/mol. The van der Waals surface area contributed by atoms with Crippen molar-refractivity contribution >= 4 is 35.0 Å². The molecule has 116 valence electrons. The lowest BCUT2D eigenvalue weighted by atomic mass is 10.2. The molecule has 1 aromatic carbocycles. The van der Waals surface area contributed by atoms with E-state index in [9.17, 15) is 14.9 Å². The van der Waals surface area contributed by atoms with Gasteiger partial charge in [-0.2, -0.15) is 0 Å². The summed E-state index contributed by atoms with van der Waals surface area (Å²) in [7, 11) is 0. The molecule has 0 spiro atoms. The highest BCUT2D eigenvalue weighted by molar-refractivity contribution is 6.32. The van der Waals surface area contributed by atoms with E-state index in [2.05, 4.69) is 15.5 Å². The number of aliphatic carboxylic acids is 1. The lowest BCUT2D eigenvalue weighted by Crippen LogP contribution is -1.95. The van der Waals surface area contributed by atoms with Crippen molar-refractivity contribution in [2.75, 3.05) is 5.32 Å². The van der Waals surface area contributed by atoms with Crippen LogP contribution in [0.2, 0.25) is 5.02 Å². The minimum atomic E-state index is -0.897. The van der Waals surface area contributed by atoms with Crippen molar-refractivity contribution in [3.8, 4) is 0 Å². The highest BCUT2D eigenvalue weighted by Gasteiger charge is 2.14. The first kappa shape index (κ1) is 15.7. The average molecular weight is 327 g/mol. The second kappa shape index (κ2) is 6.85. The predicted molar refractivity (Wildman–Crippen MR) is 76.3 cm³/mol. The lowest BCUT2D eigenvalue weighted by molar-refractivity contribution is -0.384. The van der Waals surface area contributed by atoms with Crippen LogP contribution in [-0.2, 0) is 11.2 Å². The normalized spacial score (nSPS) is 10.4. The number of carbonyl (C=O) groups is 1. The zero-order chi connectivity index (χ0) is 16.1. The molecule has 0 fully saturated rings. The van der Waals surface area contributed by atoms with Gasteiger partial charge in [-0.05, 0) is 18.6 Å². The molecule has 0 unspecified atom stereocenters. The third kappa shape index (κ3) is 4.16. The minimum absolute atomic E-state index is 0.00845. The number of nitrogens with zero attached hydrogens (tertiary/aromatic N) is 3. The molecule has 0 saturated heterocycles. The Morgan fingerprint density at radius 2 is 2.23 bits per heavy atom. The zero-order valence-corrected chi connectivity index (χ0v) is 11.9. The molecule has 2 rings (SSSR count). The summed E-state index contributed by atoms with van der Waals surface area (Å²) in [6.07, 6.45) is 0.722. The topological polar surface area (TPSA) is 131 Å². The molecule has 10 heteroatoms. The van der Waals surface area contributed by atoms with Gasteiger partial charge in [0, 0.05) is 24.6 Å². The first-order valence-corrected chi connectivity index (χ1v) is 6.58. The molecular formula is C12H11ClN4O5. The monoisotopic (exact) mass is 326 g/mol. The fraction of sp³-hybridized carbons (Fsp3) is 0.250. The summed E-state index contributed by atoms with van der Waals surface area (Å²) in [6.45, 7) is 0. The van der Waals surface area contributed by atoms with E-state index in [4.69, 9.17) is 21.1 Å². The first-order chi connectivity index (χ1) is 10.5. The largest absolute Gasteiger partial charge is 0.481 e. The van der Waals surface area contributed by atoms with Gasteiger partial charge in [0.25, 0.3) is 5.69 Å². The summed E-state index contributed by atoms with van der Waals surface area (Å²) >= 11 is 5.71. The molecule has 0 aliphatic heterocycles. The van der Waals surface area contributed by atoms with Crippen molar-refractivity contribution in [3.05, 3.63) is 39.2 Å². The number of rotatable bonds is 7. The molecule has 0 aliphatic carbocycles. The van der Waals surface area contributed by atoms with Crippen LogP contribution in [0.15, 0.2) is 22.6 Å². The van der Waals surface area contributed by atoms with Crippen LogP contribution in [0.1, 0.15) is 18.7 Å². The number of nitro groups is 1.